The van der Waals surface area contributed by atoms with E-state index >= 15 is 0 Å². The molecule has 0 atom stereocenters. The van der Waals surface area contributed by atoms with Crippen molar-refractivity contribution in [3.8, 4) is 0 Å². The van der Waals surface area contributed by atoms with Crippen LogP contribution in [0.25, 0.3) is 0 Å². The molecule has 1 aromatic rings. The number of hydrogen-bond acceptors (Lipinski definition) is 4. The van der Waals surface area contributed by atoms with Gasteiger partial charge in [0.25, 0.3) is 0 Å². The first-order valence-corrected chi connectivity index (χ1v) is 7.42. The van der Waals surface area contributed by atoms with Gasteiger partial charge in [0.2, 0.25) is 0 Å². The minimum Gasteiger partial charge on any atom is -0.369 e. The van der Waals surface area contributed by atoms with Crippen LogP contribution in [0.15, 0.2) is 10.8 Å². The largest absolute Gasteiger partial charge is 0.369 e. The molecule has 0 bridgehead atoms. The standard InChI is InChI=1S/C13H21BrN4/c1-3-7-15-11-10(14)12(18-9-17-11)16-8-13(2)5-4-6-13/h9H,3-8H2,1-2H3,(H2,15,16,17,18). The molecule has 0 aromatic carbocycles. The van der Waals surface area contributed by atoms with Crippen molar-refractivity contribution in [1.82, 2.24) is 9.97 Å². The molecule has 1 aliphatic rings. The van der Waals surface area contributed by atoms with Crippen LogP contribution in [0.2, 0.25) is 0 Å². The first kappa shape index (κ1) is 13.6. The van der Waals surface area contributed by atoms with E-state index in [-0.39, 0.29) is 0 Å². The van der Waals surface area contributed by atoms with E-state index in [1.807, 2.05) is 0 Å². The van der Waals surface area contributed by atoms with Crippen molar-refractivity contribution in [1.29, 1.82) is 0 Å². The molecule has 1 saturated carbocycles. The molecular formula is C13H21BrN4. The lowest BCUT2D eigenvalue weighted by atomic mass is 9.70. The summed E-state index contributed by atoms with van der Waals surface area (Å²) in [6, 6.07) is 0. The average molecular weight is 313 g/mol. The number of nitrogens with zero attached hydrogens (tertiary/aromatic N) is 2. The lowest BCUT2D eigenvalue weighted by Gasteiger charge is -2.38. The molecule has 18 heavy (non-hydrogen) atoms. The van der Waals surface area contributed by atoms with E-state index in [9.17, 15) is 0 Å². The van der Waals surface area contributed by atoms with Gasteiger partial charge in [-0.1, -0.05) is 20.3 Å². The van der Waals surface area contributed by atoms with Gasteiger partial charge in [-0.05, 0) is 40.6 Å². The van der Waals surface area contributed by atoms with E-state index < -0.39 is 0 Å². The first-order chi connectivity index (χ1) is 8.64. The van der Waals surface area contributed by atoms with Gasteiger partial charge in [0.15, 0.2) is 0 Å². The van der Waals surface area contributed by atoms with Gasteiger partial charge < -0.3 is 10.6 Å². The molecule has 5 heteroatoms. The third-order valence-corrected chi connectivity index (χ3v) is 4.33. The molecule has 1 heterocycles. The first-order valence-electron chi connectivity index (χ1n) is 6.63. The highest BCUT2D eigenvalue weighted by atomic mass is 79.9. The van der Waals surface area contributed by atoms with Gasteiger partial charge in [0, 0.05) is 13.1 Å². The molecule has 0 radical (unpaired) electrons. The summed E-state index contributed by atoms with van der Waals surface area (Å²) in [5, 5.41) is 6.72. The molecule has 0 unspecified atom stereocenters. The van der Waals surface area contributed by atoms with Crippen LogP contribution >= 0.6 is 15.9 Å². The second-order valence-electron chi connectivity index (χ2n) is 5.33. The molecule has 1 fully saturated rings. The normalized spacial score (nSPS) is 17.1. The van der Waals surface area contributed by atoms with Crippen LogP contribution in [-0.2, 0) is 0 Å². The van der Waals surface area contributed by atoms with Crippen LogP contribution in [0, 0.1) is 5.41 Å². The van der Waals surface area contributed by atoms with Crippen LogP contribution in [0.1, 0.15) is 39.5 Å². The van der Waals surface area contributed by atoms with Crippen molar-refractivity contribution < 1.29 is 0 Å². The van der Waals surface area contributed by atoms with Crippen molar-refractivity contribution in [2.24, 2.45) is 5.41 Å². The van der Waals surface area contributed by atoms with Crippen molar-refractivity contribution >= 4 is 27.6 Å². The third-order valence-electron chi connectivity index (χ3n) is 3.58. The number of aromatic nitrogens is 2. The number of halogens is 1. The van der Waals surface area contributed by atoms with Crippen LogP contribution in [0.4, 0.5) is 11.6 Å². The molecule has 0 spiro atoms. The summed E-state index contributed by atoms with van der Waals surface area (Å²) in [7, 11) is 0. The molecule has 0 saturated heterocycles. The fraction of sp³-hybridized carbons (Fsp3) is 0.692. The van der Waals surface area contributed by atoms with Crippen LogP contribution in [0.3, 0.4) is 0 Å². The van der Waals surface area contributed by atoms with Gasteiger partial charge in [-0.25, -0.2) is 9.97 Å². The Labute approximate surface area is 117 Å². The lowest BCUT2D eigenvalue weighted by Crippen LogP contribution is -2.33. The second kappa shape index (κ2) is 5.87. The fourth-order valence-corrected chi connectivity index (χ4v) is 2.60. The van der Waals surface area contributed by atoms with Gasteiger partial charge in [-0.3, -0.25) is 0 Å². The molecule has 0 amide bonds. The molecular weight excluding hydrogens is 292 g/mol. The number of rotatable bonds is 6. The Morgan fingerprint density at radius 1 is 1.28 bits per heavy atom. The summed E-state index contributed by atoms with van der Waals surface area (Å²) in [6.07, 6.45) is 6.66. The van der Waals surface area contributed by atoms with Gasteiger partial charge >= 0.3 is 0 Å². The predicted octanol–water partition coefficient (Wildman–Crippen LogP) is 3.66. The summed E-state index contributed by atoms with van der Waals surface area (Å²) in [6.45, 7) is 6.37. The molecule has 1 aromatic heterocycles. The van der Waals surface area contributed by atoms with Gasteiger partial charge in [-0.15, -0.1) is 0 Å². The van der Waals surface area contributed by atoms with Crippen LogP contribution in [-0.4, -0.2) is 23.1 Å². The van der Waals surface area contributed by atoms with Gasteiger partial charge in [0.05, 0.1) is 0 Å². The Balaban J connectivity index is 1.99. The highest BCUT2D eigenvalue weighted by Gasteiger charge is 2.31. The van der Waals surface area contributed by atoms with E-state index in [0.29, 0.717) is 5.41 Å². The number of nitrogens with one attached hydrogen (secondary N) is 2. The minimum absolute atomic E-state index is 0.446. The van der Waals surface area contributed by atoms with Crippen molar-refractivity contribution in [3.05, 3.63) is 10.8 Å². The topological polar surface area (TPSA) is 49.8 Å². The molecule has 100 valence electrons. The summed E-state index contributed by atoms with van der Waals surface area (Å²) in [4.78, 5) is 8.55. The smallest absolute Gasteiger partial charge is 0.145 e. The Bertz CT molecular complexity index is 404. The number of anilines is 2. The van der Waals surface area contributed by atoms with E-state index in [4.69, 9.17) is 0 Å². The zero-order valence-electron chi connectivity index (χ0n) is 11.1. The second-order valence-corrected chi connectivity index (χ2v) is 6.12. The Kier molecular flexibility index (Phi) is 4.43. The monoisotopic (exact) mass is 312 g/mol. The summed E-state index contributed by atoms with van der Waals surface area (Å²) in [5.41, 5.74) is 0.446. The van der Waals surface area contributed by atoms with Crippen molar-refractivity contribution in [3.63, 3.8) is 0 Å². The SMILES string of the molecule is CCCNc1ncnc(NCC2(C)CCC2)c1Br. The fourth-order valence-electron chi connectivity index (χ4n) is 2.11. The predicted molar refractivity (Wildman–Crippen MR) is 79.0 cm³/mol. The Morgan fingerprint density at radius 2 is 1.94 bits per heavy atom. The molecule has 0 aliphatic heterocycles. The van der Waals surface area contributed by atoms with Crippen LogP contribution in [0.5, 0.6) is 0 Å². The summed E-state index contributed by atoms with van der Waals surface area (Å²) >= 11 is 3.57. The quantitative estimate of drug-likeness (QED) is 0.841. The van der Waals surface area contributed by atoms with E-state index in [1.165, 1.54) is 19.3 Å². The van der Waals surface area contributed by atoms with Gasteiger partial charge in [-0.2, -0.15) is 0 Å². The maximum Gasteiger partial charge on any atom is 0.145 e. The average Bonchev–Trinajstić information content (AvgIpc) is 2.34. The summed E-state index contributed by atoms with van der Waals surface area (Å²) in [5.74, 6) is 1.75. The van der Waals surface area contributed by atoms with Crippen LogP contribution < -0.4 is 10.6 Å². The van der Waals surface area contributed by atoms with Crippen molar-refractivity contribution in [2.75, 3.05) is 23.7 Å². The molecule has 1 aliphatic carbocycles. The molecule has 2 rings (SSSR count). The van der Waals surface area contributed by atoms with Crippen molar-refractivity contribution in [2.45, 2.75) is 39.5 Å². The highest BCUT2D eigenvalue weighted by Crippen LogP contribution is 2.40. The molecule has 4 nitrogen and oxygen atoms in total. The Hall–Kier alpha value is -0.840. The van der Waals surface area contributed by atoms with E-state index in [2.05, 4.69) is 50.4 Å². The van der Waals surface area contributed by atoms with E-state index in [0.717, 1.165) is 35.6 Å². The lowest BCUT2D eigenvalue weighted by molar-refractivity contribution is 0.180. The maximum atomic E-state index is 4.30. The van der Waals surface area contributed by atoms with E-state index in [1.54, 1.807) is 6.33 Å². The maximum absolute atomic E-state index is 4.30. The zero-order chi connectivity index (χ0) is 13.0. The minimum atomic E-state index is 0.446. The number of hydrogen-bond donors (Lipinski definition) is 2. The summed E-state index contributed by atoms with van der Waals surface area (Å²) < 4.78 is 0.932. The van der Waals surface area contributed by atoms with Gasteiger partial charge in [0.1, 0.15) is 22.4 Å². The molecule has 2 N–H and O–H groups in total. The highest BCUT2D eigenvalue weighted by molar-refractivity contribution is 9.10. The zero-order valence-corrected chi connectivity index (χ0v) is 12.7. The Morgan fingerprint density at radius 3 is 2.50 bits per heavy atom. The third kappa shape index (κ3) is 3.13.